The molecule has 88 valence electrons. The van der Waals surface area contributed by atoms with Gasteiger partial charge in [0.1, 0.15) is 4.88 Å². The largest absolute Gasteiger partial charge is 0.477 e. The maximum Gasteiger partial charge on any atom is 0.345 e. The predicted octanol–water partition coefficient (Wildman–Crippen LogP) is 3.37. The third kappa shape index (κ3) is 3.07. The van der Waals surface area contributed by atoms with E-state index in [1.807, 2.05) is 31.2 Å². The van der Waals surface area contributed by atoms with E-state index in [9.17, 15) is 4.79 Å². The Labute approximate surface area is 104 Å². The van der Waals surface area contributed by atoms with Gasteiger partial charge in [0, 0.05) is 17.1 Å². The Kier molecular flexibility index (Phi) is 3.44. The summed E-state index contributed by atoms with van der Waals surface area (Å²) in [6.07, 6.45) is 0. The van der Waals surface area contributed by atoms with Crippen LogP contribution in [0.15, 0.2) is 36.4 Å². The summed E-state index contributed by atoms with van der Waals surface area (Å²) in [4.78, 5) is 12.1. The van der Waals surface area contributed by atoms with E-state index in [-0.39, 0.29) is 0 Å². The third-order valence-corrected chi connectivity index (χ3v) is 3.43. The van der Waals surface area contributed by atoms with E-state index >= 15 is 0 Å². The number of aromatic carboxylic acids is 1. The summed E-state index contributed by atoms with van der Waals surface area (Å²) in [5, 5.41) is 12.1. The minimum atomic E-state index is -0.864. The molecule has 0 aliphatic carbocycles. The SMILES string of the molecule is Cc1cccc(NCc2ccc(C(=O)O)s2)c1. The summed E-state index contributed by atoms with van der Waals surface area (Å²) in [6, 6.07) is 11.6. The van der Waals surface area contributed by atoms with Crippen LogP contribution in [0.2, 0.25) is 0 Å². The number of rotatable bonds is 4. The summed E-state index contributed by atoms with van der Waals surface area (Å²) in [6.45, 7) is 2.69. The van der Waals surface area contributed by atoms with Crippen LogP contribution in [-0.2, 0) is 6.54 Å². The van der Waals surface area contributed by atoms with Gasteiger partial charge in [-0.25, -0.2) is 4.79 Å². The average Bonchev–Trinajstić information content (AvgIpc) is 2.75. The molecule has 0 amide bonds. The summed E-state index contributed by atoms with van der Waals surface area (Å²) in [5.41, 5.74) is 2.25. The van der Waals surface area contributed by atoms with Gasteiger partial charge in [-0.2, -0.15) is 0 Å². The fraction of sp³-hybridized carbons (Fsp3) is 0.154. The molecule has 0 aliphatic heterocycles. The van der Waals surface area contributed by atoms with Crippen molar-refractivity contribution in [2.45, 2.75) is 13.5 Å². The first kappa shape index (κ1) is 11.7. The first-order valence-corrected chi connectivity index (χ1v) is 6.09. The summed E-state index contributed by atoms with van der Waals surface area (Å²) in [5.74, 6) is -0.864. The van der Waals surface area contributed by atoms with Crippen molar-refractivity contribution < 1.29 is 9.90 Å². The molecule has 2 N–H and O–H groups in total. The number of carboxylic acid groups (broad SMARTS) is 1. The molecule has 0 spiro atoms. The zero-order chi connectivity index (χ0) is 12.3. The van der Waals surface area contributed by atoms with Crippen LogP contribution in [0.5, 0.6) is 0 Å². The number of hydrogen-bond acceptors (Lipinski definition) is 3. The lowest BCUT2D eigenvalue weighted by atomic mass is 10.2. The maximum absolute atomic E-state index is 10.7. The fourth-order valence-electron chi connectivity index (χ4n) is 1.53. The van der Waals surface area contributed by atoms with Crippen molar-refractivity contribution in [2.75, 3.05) is 5.32 Å². The molecule has 3 nitrogen and oxygen atoms in total. The number of thiophene rings is 1. The first-order valence-electron chi connectivity index (χ1n) is 5.28. The van der Waals surface area contributed by atoms with Crippen LogP contribution < -0.4 is 5.32 Å². The molecule has 0 aliphatic rings. The van der Waals surface area contributed by atoms with E-state index in [0.717, 1.165) is 10.6 Å². The summed E-state index contributed by atoms with van der Waals surface area (Å²) >= 11 is 1.30. The zero-order valence-corrected chi connectivity index (χ0v) is 10.3. The van der Waals surface area contributed by atoms with Gasteiger partial charge < -0.3 is 10.4 Å². The van der Waals surface area contributed by atoms with Crippen LogP contribution in [0.1, 0.15) is 20.1 Å². The predicted molar refractivity (Wildman–Crippen MR) is 69.8 cm³/mol. The molecule has 0 atom stereocenters. The van der Waals surface area contributed by atoms with Crippen molar-refractivity contribution in [1.29, 1.82) is 0 Å². The number of anilines is 1. The molecule has 1 aromatic heterocycles. The highest BCUT2D eigenvalue weighted by molar-refractivity contribution is 7.13. The molecule has 4 heteroatoms. The van der Waals surface area contributed by atoms with Gasteiger partial charge in [-0.15, -0.1) is 11.3 Å². The van der Waals surface area contributed by atoms with Gasteiger partial charge >= 0.3 is 5.97 Å². The Balaban J connectivity index is 2.00. The van der Waals surface area contributed by atoms with Gasteiger partial charge in [0.25, 0.3) is 0 Å². The standard InChI is InChI=1S/C13H13NO2S/c1-9-3-2-4-10(7-9)14-8-11-5-6-12(17-11)13(15)16/h2-7,14H,8H2,1H3,(H,15,16). The molecule has 0 saturated carbocycles. The molecule has 1 heterocycles. The molecular weight excluding hydrogens is 234 g/mol. The molecular formula is C13H13NO2S. The van der Waals surface area contributed by atoms with Crippen molar-refractivity contribution >= 4 is 23.0 Å². The Hall–Kier alpha value is -1.81. The van der Waals surface area contributed by atoms with E-state index in [4.69, 9.17) is 5.11 Å². The van der Waals surface area contributed by atoms with Crippen molar-refractivity contribution in [2.24, 2.45) is 0 Å². The smallest absolute Gasteiger partial charge is 0.345 e. The average molecular weight is 247 g/mol. The van der Waals surface area contributed by atoms with Crippen molar-refractivity contribution in [3.8, 4) is 0 Å². The lowest BCUT2D eigenvalue weighted by Crippen LogP contribution is -1.97. The number of nitrogens with one attached hydrogen (secondary N) is 1. The summed E-state index contributed by atoms with van der Waals surface area (Å²) in [7, 11) is 0. The highest BCUT2D eigenvalue weighted by Gasteiger charge is 2.06. The number of aryl methyl sites for hydroxylation is 1. The van der Waals surface area contributed by atoms with Crippen LogP contribution in [0, 0.1) is 6.92 Å². The number of carbonyl (C=O) groups is 1. The van der Waals surface area contributed by atoms with Gasteiger partial charge in [-0.3, -0.25) is 0 Å². The van der Waals surface area contributed by atoms with Gasteiger partial charge in [-0.1, -0.05) is 12.1 Å². The van der Waals surface area contributed by atoms with Crippen LogP contribution >= 0.6 is 11.3 Å². The van der Waals surface area contributed by atoms with Gasteiger partial charge in [0.2, 0.25) is 0 Å². The van der Waals surface area contributed by atoms with E-state index in [1.54, 1.807) is 6.07 Å². The quantitative estimate of drug-likeness (QED) is 0.871. The van der Waals surface area contributed by atoms with Crippen LogP contribution in [0.4, 0.5) is 5.69 Å². The van der Waals surface area contributed by atoms with Crippen LogP contribution in [-0.4, -0.2) is 11.1 Å². The number of hydrogen-bond donors (Lipinski definition) is 2. The van der Waals surface area contributed by atoms with E-state index in [0.29, 0.717) is 11.4 Å². The van der Waals surface area contributed by atoms with Crippen LogP contribution in [0.25, 0.3) is 0 Å². The molecule has 0 unspecified atom stereocenters. The lowest BCUT2D eigenvalue weighted by molar-refractivity contribution is 0.0702. The second-order valence-electron chi connectivity index (χ2n) is 3.79. The highest BCUT2D eigenvalue weighted by atomic mass is 32.1. The monoisotopic (exact) mass is 247 g/mol. The van der Waals surface area contributed by atoms with E-state index < -0.39 is 5.97 Å². The number of carboxylic acids is 1. The van der Waals surface area contributed by atoms with Crippen molar-refractivity contribution in [3.05, 3.63) is 51.7 Å². The molecule has 0 saturated heterocycles. The minimum Gasteiger partial charge on any atom is -0.477 e. The second-order valence-corrected chi connectivity index (χ2v) is 4.96. The normalized spacial score (nSPS) is 10.2. The molecule has 2 aromatic rings. The Morgan fingerprint density at radius 2 is 2.18 bits per heavy atom. The maximum atomic E-state index is 10.7. The topological polar surface area (TPSA) is 49.3 Å². The van der Waals surface area contributed by atoms with Crippen molar-refractivity contribution in [3.63, 3.8) is 0 Å². The lowest BCUT2D eigenvalue weighted by Gasteiger charge is -2.05. The molecule has 0 radical (unpaired) electrons. The first-order chi connectivity index (χ1) is 8.15. The Bertz CT molecular complexity index is 534. The van der Waals surface area contributed by atoms with Crippen LogP contribution in [0.3, 0.4) is 0 Å². The third-order valence-electron chi connectivity index (χ3n) is 2.36. The van der Waals surface area contributed by atoms with Gasteiger partial charge in [0.05, 0.1) is 0 Å². The zero-order valence-electron chi connectivity index (χ0n) is 9.43. The van der Waals surface area contributed by atoms with Gasteiger partial charge in [-0.05, 0) is 36.8 Å². The van der Waals surface area contributed by atoms with Crippen molar-refractivity contribution in [1.82, 2.24) is 0 Å². The second kappa shape index (κ2) is 5.01. The van der Waals surface area contributed by atoms with E-state index in [2.05, 4.69) is 11.4 Å². The molecule has 0 bridgehead atoms. The minimum absolute atomic E-state index is 0.381. The Morgan fingerprint density at radius 1 is 1.35 bits per heavy atom. The highest BCUT2D eigenvalue weighted by Crippen LogP contribution is 2.18. The molecule has 2 rings (SSSR count). The molecule has 1 aromatic carbocycles. The summed E-state index contributed by atoms with van der Waals surface area (Å²) < 4.78 is 0. The van der Waals surface area contributed by atoms with E-state index in [1.165, 1.54) is 16.9 Å². The fourth-order valence-corrected chi connectivity index (χ4v) is 2.32. The molecule has 0 fully saturated rings. The Morgan fingerprint density at radius 3 is 2.82 bits per heavy atom. The molecule has 17 heavy (non-hydrogen) atoms. The number of benzene rings is 1. The van der Waals surface area contributed by atoms with Gasteiger partial charge in [0.15, 0.2) is 0 Å².